The highest BCUT2D eigenvalue weighted by atomic mass is 19.1. The van der Waals surface area contributed by atoms with E-state index in [-0.39, 0.29) is 34.7 Å². The van der Waals surface area contributed by atoms with Gasteiger partial charge in [0.2, 0.25) is 0 Å². The number of ether oxygens (including phenoxy) is 3. The molecule has 3 aromatic carbocycles. The first-order chi connectivity index (χ1) is 23.8. The van der Waals surface area contributed by atoms with Crippen molar-refractivity contribution >= 4 is 33.6 Å². The van der Waals surface area contributed by atoms with Crippen LogP contribution in [0, 0.1) is 11.7 Å². The molecule has 4 fully saturated rings. The van der Waals surface area contributed by atoms with Crippen LogP contribution in [0.25, 0.3) is 38.9 Å². The third-order valence-corrected chi connectivity index (χ3v) is 11.8. The minimum atomic E-state index is -0.347. The van der Waals surface area contributed by atoms with Crippen LogP contribution in [-0.4, -0.2) is 89.8 Å². The van der Waals surface area contributed by atoms with E-state index in [2.05, 4.69) is 35.8 Å². The zero-order valence-electron chi connectivity index (χ0n) is 28.6. The van der Waals surface area contributed by atoms with Gasteiger partial charge in [-0.3, -0.25) is 9.89 Å². The number of phenolic OH excluding ortho intramolecular Hbond substituents is 1. The van der Waals surface area contributed by atoms with Crippen LogP contribution < -0.4 is 20.2 Å². The lowest BCUT2D eigenvalue weighted by molar-refractivity contribution is -0.211. The maximum Gasteiger partial charge on any atom is 0.319 e. The molecule has 9 rings (SSSR count). The van der Waals surface area contributed by atoms with Crippen molar-refractivity contribution in [3.05, 3.63) is 52.3 Å². The molecule has 1 spiro atoms. The molecular weight excluding hydrogens is 621 g/mol. The number of aryl methyl sites for hydroxylation is 1. The number of hydrogen-bond donors (Lipinski definition) is 1. The number of halogens is 1. The van der Waals surface area contributed by atoms with Crippen LogP contribution in [-0.2, 0) is 15.9 Å². The Morgan fingerprint density at radius 3 is 2.59 bits per heavy atom. The fourth-order valence-electron chi connectivity index (χ4n) is 9.05. The first-order valence-corrected chi connectivity index (χ1v) is 18.0. The SMILES string of the molecule is CCc1c(F)ccc2cc(O)cc(-c3cc4nc(OCC56CCCN5CCC6)nc(N5CCOC6(COC6)C5)c4c4c3=NC(C)C(C)C=4)c12. The van der Waals surface area contributed by atoms with Gasteiger partial charge in [0.15, 0.2) is 0 Å². The summed E-state index contributed by atoms with van der Waals surface area (Å²) in [5.74, 6) is 0.858. The topological polar surface area (TPSA) is 92.5 Å². The molecule has 9 nitrogen and oxygen atoms in total. The lowest BCUT2D eigenvalue weighted by atomic mass is 9.89. The summed E-state index contributed by atoms with van der Waals surface area (Å²) in [5.41, 5.74) is 2.62. The maximum absolute atomic E-state index is 15.4. The quantitative estimate of drug-likeness (QED) is 0.311. The average molecular weight is 666 g/mol. The van der Waals surface area contributed by atoms with Crippen LogP contribution in [0.4, 0.5) is 10.2 Å². The molecule has 5 aliphatic heterocycles. The molecule has 0 radical (unpaired) electrons. The standard InChI is InChI=1S/C39H44FN5O4/c1-4-27-31(40)8-7-25-16-26(46)17-28(33(25)27)29-18-32-34(30-15-23(2)24(3)41-35(29)30)36(44-13-14-49-39(19-44)21-47-22-39)43-37(42-32)48-20-38-9-5-11-45(38)12-6-10-38/h7-8,15-18,23-24,46H,4-6,9-14,19-22H2,1-3H3. The van der Waals surface area contributed by atoms with E-state index in [0.717, 1.165) is 75.1 Å². The Labute approximate surface area is 285 Å². The maximum atomic E-state index is 15.4. The molecule has 4 saturated heterocycles. The molecule has 5 aliphatic rings. The second-order valence-electron chi connectivity index (χ2n) is 14.9. The van der Waals surface area contributed by atoms with Gasteiger partial charge in [-0.1, -0.05) is 26.0 Å². The van der Waals surface area contributed by atoms with E-state index in [1.807, 2.05) is 6.92 Å². The van der Waals surface area contributed by atoms with Crippen molar-refractivity contribution in [3.8, 4) is 22.9 Å². The Morgan fingerprint density at radius 2 is 1.84 bits per heavy atom. The Bertz CT molecular complexity index is 2110. The monoisotopic (exact) mass is 665 g/mol. The van der Waals surface area contributed by atoms with Gasteiger partial charge < -0.3 is 24.2 Å². The summed E-state index contributed by atoms with van der Waals surface area (Å²) in [5, 5.41) is 15.3. The molecule has 2 atom stereocenters. The van der Waals surface area contributed by atoms with E-state index in [1.54, 1.807) is 18.2 Å². The number of benzene rings is 3. The van der Waals surface area contributed by atoms with Crippen LogP contribution in [0.1, 0.15) is 52.0 Å². The molecule has 0 aliphatic carbocycles. The number of rotatable bonds is 6. The third-order valence-electron chi connectivity index (χ3n) is 11.8. The Hall–Kier alpha value is -3.86. The highest BCUT2D eigenvalue weighted by Gasteiger charge is 2.46. The second kappa shape index (κ2) is 11.6. The number of aromatic hydroxyl groups is 1. The predicted molar refractivity (Wildman–Crippen MR) is 187 cm³/mol. The summed E-state index contributed by atoms with van der Waals surface area (Å²) in [6, 6.07) is 9.14. The average Bonchev–Trinajstić information content (AvgIpc) is 3.67. The van der Waals surface area contributed by atoms with Gasteiger partial charge in [-0.15, -0.1) is 0 Å². The summed E-state index contributed by atoms with van der Waals surface area (Å²) in [6.45, 7) is 12.1. The fourth-order valence-corrected chi connectivity index (χ4v) is 9.05. The molecule has 10 heteroatoms. The Morgan fingerprint density at radius 1 is 1.02 bits per heavy atom. The second-order valence-corrected chi connectivity index (χ2v) is 14.9. The number of morpholine rings is 1. The highest BCUT2D eigenvalue weighted by Crippen LogP contribution is 2.40. The summed E-state index contributed by atoms with van der Waals surface area (Å²) in [6.07, 6.45) is 7.44. The van der Waals surface area contributed by atoms with Gasteiger partial charge in [-0.2, -0.15) is 9.97 Å². The van der Waals surface area contributed by atoms with E-state index in [4.69, 9.17) is 29.2 Å². The number of hydrogen-bond acceptors (Lipinski definition) is 9. The Kier molecular flexibility index (Phi) is 7.38. The first kappa shape index (κ1) is 31.1. The van der Waals surface area contributed by atoms with E-state index >= 15 is 4.39 Å². The van der Waals surface area contributed by atoms with Crippen molar-refractivity contribution in [1.29, 1.82) is 0 Å². The van der Waals surface area contributed by atoms with Gasteiger partial charge in [0, 0.05) is 17.3 Å². The molecule has 4 aromatic rings. The van der Waals surface area contributed by atoms with Gasteiger partial charge in [0.25, 0.3) is 0 Å². The number of phenols is 1. The van der Waals surface area contributed by atoms with E-state index in [0.29, 0.717) is 57.5 Å². The van der Waals surface area contributed by atoms with Crippen molar-refractivity contribution in [2.45, 2.75) is 70.1 Å². The van der Waals surface area contributed by atoms with Gasteiger partial charge in [0.05, 0.1) is 54.2 Å². The molecule has 1 N–H and O–H groups in total. The van der Waals surface area contributed by atoms with Gasteiger partial charge >= 0.3 is 6.01 Å². The molecule has 2 unspecified atom stereocenters. The fraction of sp³-hybridized carbons (Fsp3) is 0.513. The van der Waals surface area contributed by atoms with Crippen LogP contribution in [0.15, 0.2) is 35.3 Å². The zero-order valence-corrected chi connectivity index (χ0v) is 28.6. The molecular formula is C39H44FN5O4. The largest absolute Gasteiger partial charge is 0.508 e. The minimum absolute atomic E-state index is 0.0282. The molecule has 0 saturated carbocycles. The summed E-state index contributed by atoms with van der Waals surface area (Å²) in [7, 11) is 0. The molecule has 0 bridgehead atoms. The van der Waals surface area contributed by atoms with Crippen molar-refractivity contribution in [1.82, 2.24) is 14.9 Å². The number of fused-ring (bicyclic) bond motifs is 5. The van der Waals surface area contributed by atoms with Crippen LogP contribution in [0.3, 0.4) is 0 Å². The minimum Gasteiger partial charge on any atom is -0.508 e. The molecule has 6 heterocycles. The normalized spacial score (nSPS) is 24.0. The number of anilines is 1. The van der Waals surface area contributed by atoms with E-state index < -0.39 is 0 Å². The van der Waals surface area contributed by atoms with E-state index in [9.17, 15) is 5.11 Å². The molecule has 256 valence electrons. The molecule has 0 amide bonds. The highest BCUT2D eigenvalue weighted by molar-refractivity contribution is 6.03. The van der Waals surface area contributed by atoms with Crippen molar-refractivity contribution in [2.24, 2.45) is 10.9 Å². The van der Waals surface area contributed by atoms with Gasteiger partial charge in [-0.25, -0.2) is 4.39 Å². The summed E-state index contributed by atoms with van der Waals surface area (Å²) in [4.78, 5) is 20.5. The van der Waals surface area contributed by atoms with Crippen LogP contribution in [0.5, 0.6) is 11.8 Å². The Balaban J connectivity index is 1.30. The van der Waals surface area contributed by atoms with Crippen molar-refractivity contribution in [3.63, 3.8) is 0 Å². The number of nitrogens with zero attached hydrogens (tertiary/aromatic N) is 5. The zero-order chi connectivity index (χ0) is 33.5. The van der Waals surface area contributed by atoms with Crippen molar-refractivity contribution < 1.29 is 23.7 Å². The smallest absolute Gasteiger partial charge is 0.319 e. The lowest BCUT2D eigenvalue weighted by Gasteiger charge is -2.48. The molecule has 49 heavy (non-hydrogen) atoms. The summed E-state index contributed by atoms with van der Waals surface area (Å²) < 4.78 is 33.9. The van der Waals surface area contributed by atoms with Crippen LogP contribution in [0.2, 0.25) is 0 Å². The van der Waals surface area contributed by atoms with Gasteiger partial charge in [-0.05, 0) is 104 Å². The number of aromatic nitrogens is 2. The lowest BCUT2D eigenvalue weighted by Crippen LogP contribution is -2.63. The van der Waals surface area contributed by atoms with Gasteiger partial charge in [0.1, 0.15) is 29.6 Å². The van der Waals surface area contributed by atoms with Crippen LogP contribution >= 0.6 is 0 Å². The van der Waals surface area contributed by atoms with E-state index in [1.165, 1.54) is 18.9 Å². The molecule has 1 aromatic heterocycles. The predicted octanol–water partition coefficient (Wildman–Crippen LogP) is 4.91. The third kappa shape index (κ3) is 5.01. The summed E-state index contributed by atoms with van der Waals surface area (Å²) >= 11 is 0. The van der Waals surface area contributed by atoms with Crippen molar-refractivity contribution in [2.75, 3.05) is 57.5 Å². The first-order valence-electron chi connectivity index (χ1n) is 18.0.